The molecule has 0 aliphatic rings. The van der Waals surface area contributed by atoms with Gasteiger partial charge in [0.2, 0.25) is 0 Å². The summed E-state index contributed by atoms with van der Waals surface area (Å²) in [5.74, 6) is 0. The number of aliphatic hydroxyl groups is 1. The number of rotatable bonds is 2. The normalized spacial score (nSPS) is 9.83. The number of hydrogen-bond acceptors (Lipinski definition) is 4. The van der Waals surface area contributed by atoms with Crippen molar-refractivity contribution in [2.24, 2.45) is 0 Å². The third-order valence-corrected chi connectivity index (χ3v) is 2.15. The van der Waals surface area contributed by atoms with Crippen LogP contribution in [0.1, 0.15) is 5.69 Å². The Morgan fingerprint density at radius 1 is 1.75 bits per heavy atom. The molecule has 0 aromatic carbocycles. The maximum absolute atomic E-state index is 10.4. The van der Waals surface area contributed by atoms with E-state index in [0.29, 0.717) is 0 Å². The van der Waals surface area contributed by atoms with E-state index in [-0.39, 0.29) is 22.5 Å². The van der Waals surface area contributed by atoms with E-state index in [1.807, 2.05) is 0 Å². The maximum atomic E-state index is 10.4. The standard InChI is InChI=1S/C6H5BrN2O3/c7-6-4(3-10)8-2-1-5(6)9(11)12/h1-2,10H,3H2. The Morgan fingerprint density at radius 2 is 2.42 bits per heavy atom. The summed E-state index contributed by atoms with van der Waals surface area (Å²) in [5, 5.41) is 19.1. The van der Waals surface area contributed by atoms with E-state index in [4.69, 9.17) is 5.11 Å². The smallest absolute Gasteiger partial charge is 0.286 e. The Hall–Kier alpha value is -1.01. The van der Waals surface area contributed by atoms with Crippen molar-refractivity contribution in [2.45, 2.75) is 6.61 Å². The molecular formula is C6H5BrN2O3. The molecule has 1 heterocycles. The highest BCUT2D eigenvalue weighted by Gasteiger charge is 2.14. The van der Waals surface area contributed by atoms with Gasteiger partial charge in [-0.3, -0.25) is 15.1 Å². The van der Waals surface area contributed by atoms with E-state index in [9.17, 15) is 10.1 Å². The lowest BCUT2D eigenvalue weighted by atomic mass is 10.3. The molecule has 0 radical (unpaired) electrons. The first-order chi connectivity index (χ1) is 5.66. The van der Waals surface area contributed by atoms with Gasteiger partial charge in [0.25, 0.3) is 5.69 Å². The van der Waals surface area contributed by atoms with Crippen molar-refractivity contribution in [3.8, 4) is 0 Å². The lowest BCUT2D eigenvalue weighted by Crippen LogP contribution is -1.96. The number of aliphatic hydroxyl groups excluding tert-OH is 1. The van der Waals surface area contributed by atoms with Crippen molar-refractivity contribution in [3.63, 3.8) is 0 Å². The van der Waals surface area contributed by atoms with Crippen molar-refractivity contribution in [1.29, 1.82) is 0 Å². The quantitative estimate of drug-likeness (QED) is 0.615. The zero-order chi connectivity index (χ0) is 9.14. The van der Waals surface area contributed by atoms with Crippen LogP contribution in [0.3, 0.4) is 0 Å². The Kier molecular flexibility index (Phi) is 2.72. The first kappa shape index (κ1) is 9.08. The fourth-order valence-electron chi connectivity index (χ4n) is 0.727. The maximum Gasteiger partial charge on any atom is 0.286 e. The Bertz CT molecular complexity index is 316. The Morgan fingerprint density at radius 3 is 2.92 bits per heavy atom. The minimum absolute atomic E-state index is 0.0888. The van der Waals surface area contributed by atoms with Gasteiger partial charge in [-0.2, -0.15) is 0 Å². The third kappa shape index (κ3) is 1.59. The van der Waals surface area contributed by atoms with E-state index >= 15 is 0 Å². The van der Waals surface area contributed by atoms with Gasteiger partial charge in [-0.15, -0.1) is 0 Å². The second-order valence-electron chi connectivity index (χ2n) is 2.01. The molecule has 1 rings (SSSR count). The fourth-order valence-corrected chi connectivity index (χ4v) is 1.23. The summed E-state index contributed by atoms with van der Waals surface area (Å²) in [6, 6.07) is 1.27. The van der Waals surface area contributed by atoms with Crippen LogP contribution in [0.4, 0.5) is 5.69 Å². The van der Waals surface area contributed by atoms with Gasteiger partial charge in [-0.25, -0.2) is 0 Å². The second kappa shape index (κ2) is 3.59. The van der Waals surface area contributed by atoms with Crippen LogP contribution in [0.5, 0.6) is 0 Å². The second-order valence-corrected chi connectivity index (χ2v) is 2.80. The number of aromatic nitrogens is 1. The summed E-state index contributed by atoms with van der Waals surface area (Å²) in [6.45, 7) is -0.317. The van der Waals surface area contributed by atoms with E-state index in [1.54, 1.807) is 0 Å². The lowest BCUT2D eigenvalue weighted by molar-refractivity contribution is -0.385. The highest BCUT2D eigenvalue weighted by molar-refractivity contribution is 9.10. The number of nitro groups is 1. The largest absolute Gasteiger partial charge is 0.390 e. The molecule has 0 saturated heterocycles. The molecule has 0 amide bonds. The van der Waals surface area contributed by atoms with Crippen LogP contribution in [-0.4, -0.2) is 15.0 Å². The molecule has 0 atom stereocenters. The van der Waals surface area contributed by atoms with Crippen LogP contribution >= 0.6 is 15.9 Å². The highest BCUT2D eigenvalue weighted by atomic mass is 79.9. The minimum atomic E-state index is -0.537. The minimum Gasteiger partial charge on any atom is -0.390 e. The van der Waals surface area contributed by atoms with Gasteiger partial charge in [0.15, 0.2) is 0 Å². The highest BCUT2D eigenvalue weighted by Crippen LogP contribution is 2.26. The van der Waals surface area contributed by atoms with E-state index in [0.717, 1.165) is 0 Å². The van der Waals surface area contributed by atoms with Crippen LogP contribution in [0.2, 0.25) is 0 Å². The van der Waals surface area contributed by atoms with Crippen molar-refractivity contribution < 1.29 is 10.0 Å². The molecule has 1 N–H and O–H groups in total. The van der Waals surface area contributed by atoms with E-state index in [2.05, 4.69) is 20.9 Å². The molecule has 1 aromatic heterocycles. The van der Waals surface area contributed by atoms with Crippen LogP contribution in [0, 0.1) is 10.1 Å². The van der Waals surface area contributed by atoms with Gasteiger partial charge in [0.1, 0.15) is 4.47 Å². The van der Waals surface area contributed by atoms with Crippen LogP contribution in [0.15, 0.2) is 16.7 Å². The molecular weight excluding hydrogens is 228 g/mol. The summed E-state index contributed by atoms with van der Waals surface area (Å²) in [7, 11) is 0. The summed E-state index contributed by atoms with van der Waals surface area (Å²) < 4.78 is 0.234. The topological polar surface area (TPSA) is 76.3 Å². The molecule has 0 aliphatic carbocycles. The first-order valence-electron chi connectivity index (χ1n) is 3.05. The molecule has 1 aromatic rings. The summed E-state index contributed by atoms with van der Waals surface area (Å²) in [5.41, 5.74) is 0.179. The molecule has 0 spiro atoms. The van der Waals surface area contributed by atoms with Crippen molar-refractivity contribution in [3.05, 3.63) is 32.5 Å². The van der Waals surface area contributed by atoms with Gasteiger partial charge in [-0.05, 0) is 15.9 Å². The van der Waals surface area contributed by atoms with Gasteiger partial charge in [0.05, 0.1) is 17.2 Å². The van der Waals surface area contributed by atoms with Gasteiger partial charge in [0, 0.05) is 12.3 Å². The average Bonchev–Trinajstić information content (AvgIpc) is 2.04. The molecule has 0 unspecified atom stereocenters. The van der Waals surface area contributed by atoms with Crippen molar-refractivity contribution >= 4 is 21.6 Å². The molecule has 12 heavy (non-hydrogen) atoms. The molecule has 0 saturated carbocycles. The predicted octanol–water partition coefficient (Wildman–Crippen LogP) is 1.24. The predicted molar refractivity (Wildman–Crippen MR) is 44.5 cm³/mol. The number of nitrogens with zero attached hydrogens (tertiary/aromatic N) is 2. The molecule has 0 fully saturated rings. The fraction of sp³-hybridized carbons (Fsp3) is 0.167. The van der Waals surface area contributed by atoms with E-state index < -0.39 is 4.92 Å². The number of hydrogen-bond donors (Lipinski definition) is 1. The summed E-state index contributed by atoms with van der Waals surface area (Å²) in [4.78, 5) is 13.6. The van der Waals surface area contributed by atoms with Crippen molar-refractivity contribution in [1.82, 2.24) is 4.98 Å². The third-order valence-electron chi connectivity index (χ3n) is 1.29. The molecule has 0 aliphatic heterocycles. The number of pyridine rings is 1. The zero-order valence-corrected chi connectivity index (χ0v) is 7.48. The van der Waals surface area contributed by atoms with Crippen LogP contribution in [-0.2, 0) is 6.61 Å². The zero-order valence-electron chi connectivity index (χ0n) is 5.90. The molecule has 5 nitrogen and oxygen atoms in total. The number of halogens is 1. The first-order valence-corrected chi connectivity index (χ1v) is 3.84. The van der Waals surface area contributed by atoms with Crippen molar-refractivity contribution in [2.75, 3.05) is 0 Å². The summed E-state index contributed by atoms with van der Waals surface area (Å²) >= 11 is 2.98. The Labute approximate surface area is 76.3 Å². The SMILES string of the molecule is O=[N+]([O-])c1ccnc(CO)c1Br. The van der Waals surface area contributed by atoms with Crippen LogP contribution < -0.4 is 0 Å². The van der Waals surface area contributed by atoms with Gasteiger partial charge >= 0.3 is 0 Å². The summed E-state index contributed by atoms with van der Waals surface area (Å²) in [6.07, 6.45) is 1.29. The molecule has 6 heteroatoms. The van der Waals surface area contributed by atoms with Gasteiger partial charge < -0.3 is 5.11 Å². The lowest BCUT2D eigenvalue weighted by Gasteiger charge is -1.98. The average molecular weight is 233 g/mol. The Balaban J connectivity index is 3.23. The van der Waals surface area contributed by atoms with E-state index in [1.165, 1.54) is 12.3 Å². The molecule has 0 bridgehead atoms. The molecule has 64 valence electrons. The monoisotopic (exact) mass is 232 g/mol. The van der Waals surface area contributed by atoms with Gasteiger partial charge in [-0.1, -0.05) is 0 Å². The van der Waals surface area contributed by atoms with Crippen LogP contribution in [0.25, 0.3) is 0 Å².